The van der Waals surface area contributed by atoms with Gasteiger partial charge in [0.05, 0.1) is 13.1 Å². The van der Waals surface area contributed by atoms with E-state index in [0.717, 1.165) is 0 Å². The van der Waals surface area contributed by atoms with Crippen molar-refractivity contribution in [3.05, 3.63) is 73.1 Å². The summed E-state index contributed by atoms with van der Waals surface area (Å²) in [5.41, 5.74) is 1.98. The Morgan fingerprint density at radius 3 is 2.67 bits per heavy atom. The summed E-state index contributed by atoms with van der Waals surface area (Å²) in [4.78, 5) is 16.1. The zero-order valence-electron chi connectivity index (χ0n) is 20.1. The summed E-state index contributed by atoms with van der Waals surface area (Å²) in [7, 11) is 0. The van der Waals surface area contributed by atoms with Crippen molar-refractivity contribution >= 4 is 17.4 Å². The fourth-order valence-corrected chi connectivity index (χ4v) is 2.72. The Balaban J connectivity index is 1.65. The van der Waals surface area contributed by atoms with Crippen molar-refractivity contribution in [2.24, 2.45) is 0 Å². The highest BCUT2D eigenvalue weighted by molar-refractivity contribution is 5.90. The van der Waals surface area contributed by atoms with Crippen LogP contribution in [0.3, 0.4) is 0 Å². The average molecular weight is 416 g/mol. The number of halogens is 3. The minimum Gasteiger partial charge on any atom is -0.329 e. The topological polar surface area (TPSA) is 71.3 Å². The number of urea groups is 1. The number of aromatic nitrogens is 3. The zero-order valence-corrected chi connectivity index (χ0v) is 15.1. The summed E-state index contributed by atoms with van der Waals surface area (Å²) in [6, 6.07) is 3.15. The number of fused-ring (bicyclic) bond motifs is 1. The standard InChI is InChI=1S/C21H16F3N5O/c22-21(23,24)13-26-20(30)28-17-8-4-7-15(9-17)18-11-27-29-12-16(10-25-19(18)29)14-5-2-1-3-6-14/h1-12H,13H2,(H2,26,28,30)/i1D,2D,3D,5D,6D. The molecule has 2 aromatic carbocycles. The molecule has 0 fully saturated rings. The molecular formula is C21H16F3N5O. The smallest absolute Gasteiger partial charge is 0.329 e. The SMILES string of the molecule is [2H]c1c([2H])c([2H])c(-c2cnc3c(-c4cccc(NC(=O)NCC(F)(F)F)c4)cnn3c2)c([2H])c1[2H]. The first kappa shape index (κ1) is 14.2. The van der Waals surface area contributed by atoms with Crippen LogP contribution in [0.5, 0.6) is 0 Å². The van der Waals surface area contributed by atoms with Crippen LogP contribution < -0.4 is 10.6 Å². The Bertz CT molecular complexity index is 1430. The second-order valence-electron chi connectivity index (χ2n) is 6.17. The zero-order chi connectivity index (χ0) is 25.5. The minimum atomic E-state index is -4.53. The first-order valence-corrected chi connectivity index (χ1v) is 8.59. The molecule has 0 unspecified atom stereocenters. The molecule has 2 amide bonds. The number of nitrogens with zero attached hydrogens (tertiary/aromatic N) is 3. The second kappa shape index (κ2) is 7.86. The fraction of sp³-hybridized carbons (Fsp3) is 0.0952. The van der Waals surface area contributed by atoms with E-state index in [0.29, 0.717) is 16.8 Å². The predicted octanol–water partition coefficient (Wildman–Crippen LogP) is 4.75. The van der Waals surface area contributed by atoms with E-state index in [1.54, 1.807) is 17.4 Å². The average Bonchev–Trinajstić information content (AvgIpc) is 3.23. The van der Waals surface area contributed by atoms with E-state index in [2.05, 4.69) is 15.4 Å². The van der Waals surface area contributed by atoms with Crippen molar-refractivity contribution in [2.75, 3.05) is 11.9 Å². The number of amides is 2. The van der Waals surface area contributed by atoms with Gasteiger partial charge in [0.25, 0.3) is 0 Å². The van der Waals surface area contributed by atoms with Crippen molar-refractivity contribution in [3.63, 3.8) is 0 Å². The number of hydrogen-bond acceptors (Lipinski definition) is 3. The lowest BCUT2D eigenvalue weighted by molar-refractivity contribution is -0.122. The molecule has 2 aromatic heterocycles. The third kappa shape index (κ3) is 4.40. The molecule has 4 rings (SSSR count). The molecule has 0 radical (unpaired) electrons. The van der Waals surface area contributed by atoms with E-state index in [-0.39, 0.29) is 28.9 Å². The molecule has 0 aliphatic rings. The van der Waals surface area contributed by atoms with Crippen molar-refractivity contribution in [1.82, 2.24) is 19.9 Å². The molecule has 2 heterocycles. The fourth-order valence-electron chi connectivity index (χ4n) is 2.72. The normalized spacial score (nSPS) is 13.8. The molecule has 30 heavy (non-hydrogen) atoms. The number of alkyl halides is 3. The minimum absolute atomic E-state index is 0.0153. The van der Waals surface area contributed by atoms with Gasteiger partial charge in [0, 0.05) is 29.2 Å². The largest absolute Gasteiger partial charge is 0.405 e. The first-order valence-electron chi connectivity index (χ1n) is 11.1. The van der Waals surface area contributed by atoms with Gasteiger partial charge in [0.15, 0.2) is 5.65 Å². The van der Waals surface area contributed by atoms with Crippen LogP contribution in [0.1, 0.15) is 6.85 Å². The van der Waals surface area contributed by atoms with Crippen LogP contribution in [0.2, 0.25) is 0 Å². The molecule has 4 aromatic rings. The number of benzene rings is 2. The highest BCUT2D eigenvalue weighted by Gasteiger charge is 2.27. The van der Waals surface area contributed by atoms with Crippen molar-refractivity contribution in [2.45, 2.75) is 6.18 Å². The maximum Gasteiger partial charge on any atom is 0.405 e. The number of carbonyl (C=O) groups is 1. The molecule has 2 N–H and O–H groups in total. The Morgan fingerprint density at radius 1 is 1.10 bits per heavy atom. The van der Waals surface area contributed by atoms with Crippen LogP contribution in [0.15, 0.2) is 73.1 Å². The molecule has 0 aliphatic heterocycles. The lowest BCUT2D eigenvalue weighted by Gasteiger charge is -2.10. The Kier molecular flexibility index (Phi) is 3.71. The highest BCUT2D eigenvalue weighted by Crippen LogP contribution is 2.27. The van der Waals surface area contributed by atoms with Gasteiger partial charge in [-0.15, -0.1) is 0 Å². The van der Waals surface area contributed by atoms with E-state index in [1.807, 2.05) is 0 Å². The Hall–Kier alpha value is -3.88. The van der Waals surface area contributed by atoms with Crippen molar-refractivity contribution < 1.29 is 24.8 Å². The lowest BCUT2D eigenvalue weighted by Crippen LogP contribution is -2.36. The molecule has 0 bridgehead atoms. The van der Waals surface area contributed by atoms with E-state index in [4.69, 9.17) is 6.85 Å². The maximum atomic E-state index is 12.3. The molecule has 0 aliphatic carbocycles. The lowest BCUT2D eigenvalue weighted by atomic mass is 10.1. The van der Waals surface area contributed by atoms with E-state index in [1.165, 1.54) is 35.2 Å². The summed E-state index contributed by atoms with van der Waals surface area (Å²) < 4.78 is 77.9. The van der Waals surface area contributed by atoms with Crippen LogP contribution in [-0.2, 0) is 0 Å². The van der Waals surface area contributed by atoms with Crippen LogP contribution in [0.25, 0.3) is 27.9 Å². The third-order valence-electron chi connectivity index (χ3n) is 4.03. The summed E-state index contributed by atoms with van der Waals surface area (Å²) in [5.74, 6) is 0. The van der Waals surface area contributed by atoms with Gasteiger partial charge in [0.2, 0.25) is 0 Å². The van der Waals surface area contributed by atoms with Gasteiger partial charge in [0.1, 0.15) is 6.54 Å². The molecule has 0 spiro atoms. The van der Waals surface area contributed by atoms with Gasteiger partial charge in [-0.25, -0.2) is 14.3 Å². The van der Waals surface area contributed by atoms with Crippen LogP contribution >= 0.6 is 0 Å². The number of rotatable bonds is 4. The number of nitrogens with one attached hydrogen (secondary N) is 2. The van der Waals surface area contributed by atoms with E-state index in [9.17, 15) is 18.0 Å². The van der Waals surface area contributed by atoms with Gasteiger partial charge in [-0.2, -0.15) is 18.3 Å². The Morgan fingerprint density at radius 2 is 1.90 bits per heavy atom. The monoisotopic (exact) mass is 416 g/mol. The van der Waals surface area contributed by atoms with Crippen LogP contribution in [-0.4, -0.2) is 33.4 Å². The van der Waals surface area contributed by atoms with Gasteiger partial charge >= 0.3 is 12.2 Å². The molecule has 0 atom stereocenters. The number of hydrogen-bond donors (Lipinski definition) is 2. The summed E-state index contributed by atoms with van der Waals surface area (Å²) in [5, 5.41) is 8.28. The molecule has 6 nitrogen and oxygen atoms in total. The van der Waals surface area contributed by atoms with E-state index >= 15 is 0 Å². The van der Waals surface area contributed by atoms with E-state index < -0.39 is 36.9 Å². The van der Waals surface area contributed by atoms with Crippen LogP contribution in [0, 0.1) is 0 Å². The van der Waals surface area contributed by atoms with Gasteiger partial charge < -0.3 is 10.6 Å². The molecule has 9 heteroatoms. The second-order valence-corrected chi connectivity index (χ2v) is 6.17. The maximum absolute atomic E-state index is 12.3. The number of carbonyl (C=O) groups excluding carboxylic acids is 1. The van der Waals surface area contributed by atoms with Crippen LogP contribution in [0.4, 0.5) is 23.7 Å². The summed E-state index contributed by atoms with van der Waals surface area (Å²) in [6.45, 7) is -1.47. The quantitative estimate of drug-likeness (QED) is 0.505. The Labute approximate surface area is 176 Å². The number of anilines is 1. The molecule has 0 saturated heterocycles. The van der Waals surface area contributed by atoms with Gasteiger partial charge in [-0.05, 0) is 23.3 Å². The van der Waals surface area contributed by atoms with Gasteiger partial charge in [-0.3, -0.25) is 0 Å². The van der Waals surface area contributed by atoms with Gasteiger partial charge in [-0.1, -0.05) is 42.3 Å². The van der Waals surface area contributed by atoms with Crippen molar-refractivity contribution in [3.8, 4) is 22.3 Å². The highest BCUT2D eigenvalue weighted by atomic mass is 19.4. The summed E-state index contributed by atoms with van der Waals surface area (Å²) >= 11 is 0. The molecule has 0 saturated carbocycles. The predicted molar refractivity (Wildman–Crippen MR) is 107 cm³/mol. The third-order valence-corrected chi connectivity index (χ3v) is 4.03. The first-order chi connectivity index (χ1) is 16.5. The molecular weight excluding hydrogens is 395 g/mol. The summed E-state index contributed by atoms with van der Waals surface area (Å²) in [6.07, 6.45) is -0.208. The molecule has 152 valence electrons. The van der Waals surface area contributed by atoms with Crippen molar-refractivity contribution in [1.29, 1.82) is 0 Å².